The molecule has 0 bridgehead atoms. The van der Waals surface area contributed by atoms with Gasteiger partial charge in [0.05, 0.1) is 6.61 Å². The number of carbonyl (C=O) groups is 2. The van der Waals surface area contributed by atoms with Crippen molar-refractivity contribution in [3.05, 3.63) is 12.2 Å². The molecular formula is C35H67O8P. The normalized spacial score (nSPS) is 12.5. The molecule has 0 saturated carbocycles. The van der Waals surface area contributed by atoms with Crippen molar-refractivity contribution < 1.29 is 37.9 Å². The van der Waals surface area contributed by atoms with E-state index in [0.717, 1.165) is 32.1 Å². The molecule has 9 heteroatoms. The van der Waals surface area contributed by atoms with Crippen LogP contribution in [0.4, 0.5) is 0 Å². The largest absolute Gasteiger partial charge is 0.469 e. The molecule has 0 aromatic heterocycles. The Labute approximate surface area is 269 Å². The second-order valence-corrected chi connectivity index (χ2v) is 13.4. The lowest BCUT2D eigenvalue weighted by Gasteiger charge is -2.18. The van der Waals surface area contributed by atoms with Crippen LogP contribution in [0.5, 0.6) is 0 Å². The first kappa shape index (κ1) is 42.8. The molecule has 2 N–H and O–H groups in total. The number of hydrogen-bond acceptors (Lipinski definition) is 6. The van der Waals surface area contributed by atoms with Gasteiger partial charge in [0.15, 0.2) is 6.10 Å². The highest BCUT2D eigenvalue weighted by atomic mass is 31.2. The van der Waals surface area contributed by atoms with Crippen molar-refractivity contribution in [3.63, 3.8) is 0 Å². The van der Waals surface area contributed by atoms with E-state index in [-0.39, 0.29) is 19.4 Å². The molecule has 1 atom stereocenters. The molecule has 0 aliphatic heterocycles. The Hall–Kier alpha value is -1.21. The number of esters is 2. The number of unbranched alkanes of at least 4 members (excludes halogenated alkanes) is 21. The smallest absolute Gasteiger partial charge is 0.462 e. The zero-order chi connectivity index (χ0) is 32.6. The van der Waals surface area contributed by atoms with Crippen LogP contribution in [0.1, 0.15) is 181 Å². The molecule has 1 unspecified atom stereocenters. The number of phosphoric ester groups is 1. The zero-order valence-electron chi connectivity index (χ0n) is 28.3. The van der Waals surface area contributed by atoms with Crippen LogP contribution in [0.2, 0.25) is 0 Å². The van der Waals surface area contributed by atoms with Crippen LogP contribution in [0.15, 0.2) is 12.2 Å². The minimum Gasteiger partial charge on any atom is -0.462 e. The third-order valence-corrected chi connectivity index (χ3v) is 8.27. The summed E-state index contributed by atoms with van der Waals surface area (Å²) in [7, 11) is -4.73. The van der Waals surface area contributed by atoms with Crippen LogP contribution >= 0.6 is 7.82 Å². The number of ether oxygens (including phenoxy) is 2. The Balaban J connectivity index is 3.68. The molecule has 0 rings (SSSR count). The molecule has 44 heavy (non-hydrogen) atoms. The Morgan fingerprint density at radius 2 is 0.955 bits per heavy atom. The fourth-order valence-corrected chi connectivity index (χ4v) is 5.43. The highest BCUT2D eigenvalue weighted by Crippen LogP contribution is 2.36. The van der Waals surface area contributed by atoms with Gasteiger partial charge in [-0.25, -0.2) is 4.57 Å². The second kappa shape index (κ2) is 31.8. The fourth-order valence-electron chi connectivity index (χ4n) is 5.07. The van der Waals surface area contributed by atoms with E-state index < -0.39 is 32.5 Å². The van der Waals surface area contributed by atoms with E-state index in [1.165, 1.54) is 109 Å². The van der Waals surface area contributed by atoms with Gasteiger partial charge in [-0.3, -0.25) is 14.1 Å². The van der Waals surface area contributed by atoms with Crippen molar-refractivity contribution in [2.24, 2.45) is 0 Å². The minimum atomic E-state index is -4.73. The van der Waals surface area contributed by atoms with E-state index in [9.17, 15) is 14.2 Å². The van der Waals surface area contributed by atoms with E-state index in [1.807, 2.05) is 6.92 Å². The van der Waals surface area contributed by atoms with Gasteiger partial charge in [0.2, 0.25) is 0 Å². The van der Waals surface area contributed by atoms with Crippen molar-refractivity contribution in [2.45, 2.75) is 187 Å². The summed E-state index contributed by atoms with van der Waals surface area (Å²) in [5.41, 5.74) is 0. The summed E-state index contributed by atoms with van der Waals surface area (Å²) in [6, 6.07) is 0. The summed E-state index contributed by atoms with van der Waals surface area (Å²) in [5.74, 6) is -0.909. The van der Waals surface area contributed by atoms with Crippen molar-refractivity contribution in [1.29, 1.82) is 0 Å². The Morgan fingerprint density at radius 1 is 0.568 bits per heavy atom. The molecule has 0 heterocycles. The summed E-state index contributed by atoms with van der Waals surface area (Å²) in [5, 5.41) is 0. The molecule has 0 amide bonds. The number of phosphoric acid groups is 1. The lowest BCUT2D eigenvalue weighted by atomic mass is 10.0. The van der Waals surface area contributed by atoms with Gasteiger partial charge in [0.25, 0.3) is 0 Å². The third kappa shape index (κ3) is 33.7. The molecular weight excluding hydrogens is 579 g/mol. The van der Waals surface area contributed by atoms with Gasteiger partial charge >= 0.3 is 19.8 Å². The highest BCUT2D eigenvalue weighted by molar-refractivity contribution is 7.46. The zero-order valence-corrected chi connectivity index (χ0v) is 29.2. The first-order chi connectivity index (χ1) is 21.3. The van der Waals surface area contributed by atoms with E-state index >= 15 is 0 Å². The number of carbonyl (C=O) groups excluding carboxylic acids is 2. The molecule has 0 radical (unpaired) electrons. The van der Waals surface area contributed by atoms with Gasteiger partial charge in [-0.15, -0.1) is 0 Å². The highest BCUT2D eigenvalue weighted by Gasteiger charge is 2.22. The van der Waals surface area contributed by atoms with Crippen LogP contribution in [-0.2, 0) is 28.2 Å². The van der Waals surface area contributed by atoms with E-state index in [1.54, 1.807) is 0 Å². The predicted octanol–water partition coefficient (Wildman–Crippen LogP) is 10.3. The van der Waals surface area contributed by atoms with Crippen LogP contribution in [0.3, 0.4) is 0 Å². The summed E-state index contributed by atoms with van der Waals surface area (Å²) in [6.45, 7) is 3.48. The monoisotopic (exact) mass is 646 g/mol. The van der Waals surface area contributed by atoms with Gasteiger partial charge in [-0.05, 0) is 38.5 Å². The molecule has 0 aromatic carbocycles. The standard InChI is InChI=1S/C35H67O8P/c1-3-5-7-8-9-10-11-12-13-14-15-16-17-18-19-20-21-22-23-24-25-26-28-30-35(37)43-33(32-42-44(38,39)40)31-41-34(36)29-27-6-4-2/h14-15,33H,3-13,16-32H2,1-2H3,(H2,38,39,40)/b15-14-. The first-order valence-electron chi connectivity index (χ1n) is 18.0. The van der Waals surface area contributed by atoms with E-state index in [0.29, 0.717) is 12.8 Å². The molecule has 260 valence electrons. The van der Waals surface area contributed by atoms with Crippen molar-refractivity contribution >= 4 is 19.8 Å². The minimum absolute atomic E-state index is 0.214. The lowest BCUT2D eigenvalue weighted by molar-refractivity contribution is -0.161. The third-order valence-electron chi connectivity index (χ3n) is 7.78. The Kier molecular flexibility index (Phi) is 30.9. The van der Waals surface area contributed by atoms with Crippen molar-refractivity contribution in [2.75, 3.05) is 13.2 Å². The maximum atomic E-state index is 12.2. The van der Waals surface area contributed by atoms with E-state index in [2.05, 4.69) is 23.6 Å². The average Bonchev–Trinajstić information content (AvgIpc) is 2.98. The molecule has 0 aromatic rings. The average molecular weight is 647 g/mol. The number of allylic oxidation sites excluding steroid dienone is 2. The molecule has 0 aliphatic rings. The SMILES string of the molecule is CCCCCCCCCC/C=C\CCCCCCCCCCCCCC(=O)OC(COC(=O)CCCCC)COP(=O)(O)O. The summed E-state index contributed by atoms with van der Waals surface area (Å²) >= 11 is 0. The van der Waals surface area contributed by atoms with Gasteiger partial charge in [-0.2, -0.15) is 0 Å². The Morgan fingerprint density at radius 3 is 1.43 bits per heavy atom. The van der Waals surface area contributed by atoms with Crippen molar-refractivity contribution in [1.82, 2.24) is 0 Å². The molecule has 0 spiro atoms. The number of hydrogen-bond donors (Lipinski definition) is 2. The summed E-state index contributed by atoms with van der Waals surface area (Å²) in [4.78, 5) is 42.0. The molecule has 0 fully saturated rings. The predicted molar refractivity (Wildman–Crippen MR) is 179 cm³/mol. The van der Waals surface area contributed by atoms with Gasteiger partial charge < -0.3 is 19.3 Å². The van der Waals surface area contributed by atoms with Crippen LogP contribution < -0.4 is 0 Å². The van der Waals surface area contributed by atoms with Crippen molar-refractivity contribution in [3.8, 4) is 0 Å². The van der Waals surface area contributed by atoms with Crippen LogP contribution in [0, 0.1) is 0 Å². The quantitative estimate of drug-likeness (QED) is 0.0313. The number of rotatable bonds is 33. The molecule has 0 aliphatic carbocycles. The molecule has 0 saturated heterocycles. The first-order valence-corrected chi connectivity index (χ1v) is 19.5. The summed E-state index contributed by atoms with van der Waals surface area (Å²) in [6.07, 6.45) is 33.2. The lowest BCUT2D eigenvalue weighted by Crippen LogP contribution is -2.29. The summed E-state index contributed by atoms with van der Waals surface area (Å²) < 4.78 is 25.9. The second-order valence-electron chi connectivity index (χ2n) is 12.2. The maximum absolute atomic E-state index is 12.2. The molecule has 8 nitrogen and oxygen atoms in total. The Bertz CT molecular complexity index is 736. The maximum Gasteiger partial charge on any atom is 0.469 e. The van der Waals surface area contributed by atoms with Gasteiger partial charge in [-0.1, -0.05) is 142 Å². The topological polar surface area (TPSA) is 119 Å². The van der Waals surface area contributed by atoms with Crippen LogP contribution in [0.25, 0.3) is 0 Å². The van der Waals surface area contributed by atoms with Gasteiger partial charge in [0, 0.05) is 12.8 Å². The van der Waals surface area contributed by atoms with E-state index in [4.69, 9.17) is 19.3 Å². The fraction of sp³-hybridized carbons (Fsp3) is 0.886. The van der Waals surface area contributed by atoms with Gasteiger partial charge in [0.1, 0.15) is 6.61 Å². The van der Waals surface area contributed by atoms with Crippen LogP contribution in [-0.4, -0.2) is 41.0 Å².